The highest BCUT2D eigenvalue weighted by Crippen LogP contribution is 2.36. The fourth-order valence-corrected chi connectivity index (χ4v) is 4.04. The number of nitrogens with one attached hydrogen (secondary N) is 1. The predicted octanol–water partition coefficient (Wildman–Crippen LogP) is 3.40. The van der Waals surface area contributed by atoms with Crippen molar-refractivity contribution in [2.45, 2.75) is 31.8 Å². The first-order chi connectivity index (χ1) is 12.6. The third-order valence-electron chi connectivity index (χ3n) is 5.03. The Bertz CT molecular complexity index is 800. The van der Waals surface area contributed by atoms with Gasteiger partial charge in [0.2, 0.25) is 0 Å². The third-order valence-corrected chi connectivity index (χ3v) is 6.17. The smallest absolute Gasteiger partial charge is 0.261 e. The van der Waals surface area contributed by atoms with Crippen molar-refractivity contribution in [3.05, 3.63) is 35.2 Å². The maximum Gasteiger partial charge on any atom is 0.261 e. The van der Waals surface area contributed by atoms with E-state index in [9.17, 15) is 4.79 Å². The molecule has 2 heterocycles. The van der Waals surface area contributed by atoms with Gasteiger partial charge < -0.3 is 14.8 Å². The standard InChI is InChI=1S/C20H24N2O3S/c1-13(22(2)15-4-5-15)12-21-20(23)19-8-7-18(26-19)14-3-6-16-17(11-14)25-10-9-24-16/h3,6-8,11,13,15H,4-5,9-10,12H2,1-2H3,(H,21,23). The minimum atomic E-state index is -0.00478. The summed E-state index contributed by atoms with van der Waals surface area (Å²) in [5.74, 6) is 1.54. The number of hydrogen-bond acceptors (Lipinski definition) is 5. The molecule has 0 radical (unpaired) electrons. The number of nitrogens with zero attached hydrogens (tertiary/aromatic N) is 1. The van der Waals surface area contributed by atoms with E-state index >= 15 is 0 Å². The van der Waals surface area contributed by atoms with Crippen molar-refractivity contribution in [3.8, 4) is 21.9 Å². The molecule has 5 nitrogen and oxygen atoms in total. The Hall–Kier alpha value is -2.05. The molecule has 1 aliphatic heterocycles. The van der Waals surface area contributed by atoms with Crippen LogP contribution in [0.3, 0.4) is 0 Å². The number of thiophene rings is 1. The molecule has 1 unspecified atom stereocenters. The number of rotatable bonds is 6. The molecule has 2 aromatic rings. The molecule has 0 bridgehead atoms. The molecular weight excluding hydrogens is 348 g/mol. The molecule has 0 spiro atoms. The van der Waals surface area contributed by atoms with Gasteiger partial charge in [-0.2, -0.15) is 0 Å². The Balaban J connectivity index is 1.40. The fraction of sp³-hybridized carbons (Fsp3) is 0.450. The molecule has 138 valence electrons. The topological polar surface area (TPSA) is 50.8 Å². The summed E-state index contributed by atoms with van der Waals surface area (Å²) in [6, 6.07) is 10.8. The zero-order valence-corrected chi connectivity index (χ0v) is 16.0. The molecule has 1 amide bonds. The summed E-state index contributed by atoms with van der Waals surface area (Å²) in [7, 11) is 2.14. The second-order valence-corrected chi connectivity index (χ2v) is 8.06. The molecule has 1 atom stereocenters. The Morgan fingerprint density at radius 3 is 2.77 bits per heavy atom. The Labute approximate surface area is 157 Å². The van der Waals surface area contributed by atoms with Gasteiger partial charge in [0.1, 0.15) is 13.2 Å². The van der Waals surface area contributed by atoms with Crippen molar-refractivity contribution < 1.29 is 14.3 Å². The molecule has 4 rings (SSSR count). The number of likely N-dealkylation sites (N-methyl/N-ethyl adjacent to an activating group) is 1. The molecule has 1 aromatic heterocycles. The predicted molar refractivity (Wildman–Crippen MR) is 103 cm³/mol. The van der Waals surface area contributed by atoms with Crippen LogP contribution in [0.2, 0.25) is 0 Å². The van der Waals surface area contributed by atoms with E-state index in [2.05, 4.69) is 24.2 Å². The number of fused-ring (bicyclic) bond motifs is 1. The van der Waals surface area contributed by atoms with Crippen LogP contribution < -0.4 is 14.8 Å². The van der Waals surface area contributed by atoms with E-state index < -0.39 is 0 Å². The normalized spacial score (nSPS) is 17.2. The Morgan fingerprint density at radius 2 is 2.00 bits per heavy atom. The van der Waals surface area contributed by atoms with Crippen LogP contribution in [-0.4, -0.2) is 49.7 Å². The van der Waals surface area contributed by atoms with Gasteiger partial charge in [0.25, 0.3) is 5.91 Å². The van der Waals surface area contributed by atoms with Crippen LogP contribution in [0.25, 0.3) is 10.4 Å². The maximum absolute atomic E-state index is 12.5. The third kappa shape index (κ3) is 3.71. The lowest BCUT2D eigenvalue weighted by molar-refractivity contribution is 0.0943. The molecule has 2 aliphatic rings. The van der Waals surface area contributed by atoms with Gasteiger partial charge >= 0.3 is 0 Å². The van der Waals surface area contributed by atoms with Gasteiger partial charge in [-0.15, -0.1) is 11.3 Å². The molecule has 1 aliphatic carbocycles. The number of carbonyl (C=O) groups is 1. The van der Waals surface area contributed by atoms with Crippen LogP contribution in [0.5, 0.6) is 11.5 Å². The second-order valence-electron chi connectivity index (χ2n) is 6.98. The Kier molecular flexibility index (Phi) is 4.87. The van der Waals surface area contributed by atoms with Gasteiger partial charge in [-0.3, -0.25) is 9.69 Å². The molecule has 1 aromatic carbocycles. The van der Waals surface area contributed by atoms with Crippen molar-refractivity contribution in [2.24, 2.45) is 0 Å². The zero-order chi connectivity index (χ0) is 18.1. The number of benzene rings is 1. The van der Waals surface area contributed by atoms with E-state index in [4.69, 9.17) is 9.47 Å². The van der Waals surface area contributed by atoms with Gasteiger partial charge in [-0.1, -0.05) is 0 Å². The SMILES string of the molecule is CC(CNC(=O)c1ccc(-c2ccc3c(c2)OCCO3)s1)N(C)C1CC1. The molecule has 26 heavy (non-hydrogen) atoms. The van der Waals surface area contributed by atoms with Crippen LogP contribution in [0.15, 0.2) is 30.3 Å². The van der Waals surface area contributed by atoms with Gasteiger partial charge in [-0.25, -0.2) is 0 Å². The van der Waals surface area contributed by atoms with Crippen molar-refractivity contribution in [1.82, 2.24) is 10.2 Å². The van der Waals surface area contributed by atoms with E-state index in [0.29, 0.717) is 31.8 Å². The average molecular weight is 372 g/mol. The Morgan fingerprint density at radius 1 is 1.23 bits per heavy atom. The van der Waals surface area contributed by atoms with Crippen LogP contribution in [0.4, 0.5) is 0 Å². The maximum atomic E-state index is 12.5. The van der Waals surface area contributed by atoms with E-state index in [-0.39, 0.29) is 5.91 Å². The van der Waals surface area contributed by atoms with Gasteiger partial charge in [0, 0.05) is 23.5 Å². The first-order valence-corrected chi connectivity index (χ1v) is 9.93. The summed E-state index contributed by atoms with van der Waals surface area (Å²) < 4.78 is 11.2. The fourth-order valence-electron chi connectivity index (χ4n) is 3.12. The molecule has 6 heteroatoms. The molecule has 1 N–H and O–H groups in total. The summed E-state index contributed by atoms with van der Waals surface area (Å²) in [4.78, 5) is 16.6. The highest BCUT2D eigenvalue weighted by atomic mass is 32.1. The van der Waals surface area contributed by atoms with Gasteiger partial charge in [0.15, 0.2) is 11.5 Å². The van der Waals surface area contributed by atoms with Crippen molar-refractivity contribution in [1.29, 1.82) is 0 Å². The lowest BCUT2D eigenvalue weighted by Crippen LogP contribution is -2.41. The monoisotopic (exact) mass is 372 g/mol. The van der Waals surface area contributed by atoms with Crippen LogP contribution in [0, 0.1) is 0 Å². The van der Waals surface area contributed by atoms with Gasteiger partial charge in [0.05, 0.1) is 4.88 Å². The van der Waals surface area contributed by atoms with Crippen molar-refractivity contribution >= 4 is 17.2 Å². The minimum absolute atomic E-state index is 0.00478. The second kappa shape index (κ2) is 7.29. The van der Waals surface area contributed by atoms with E-state index in [0.717, 1.165) is 26.8 Å². The highest BCUT2D eigenvalue weighted by molar-refractivity contribution is 7.17. The summed E-state index contributed by atoms with van der Waals surface area (Å²) >= 11 is 1.50. The molecule has 0 saturated heterocycles. The van der Waals surface area contributed by atoms with Gasteiger partial charge in [-0.05, 0) is 62.7 Å². The van der Waals surface area contributed by atoms with E-state index in [1.807, 2.05) is 30.3 Å². The van der Waals surface area contributed by atoms with Crippen LogP contribution >= 0.6 is 11.3 Å². The van der Waals surface area contributed by atoms with E-state index in [1.165, 1.54) is 24.2 Å². The number of hydrogen-bond donors (Lipinski definition) is 1. The first kappa shape index (κ1) is 17.4. The van der Waals surface area contributed by atoms with Crippen molar-refractivity contribution in [3.63, 3.8) is 0 Å². The summed E-state index contributed by atoms with van der Waals surface area (Å²) in [6.45, 7) is 3.99. The number of ether oxygens (including phenoxy) is 2. The lowest BCUT2D eigenvalue weighted by Gasteiger charge is -2.24. The summed E-state index contributed by atoms with van der Waals surface area (Å²) in [5.41, 5.74) is 1.04. The zero-order valence-electron chi connectivity index (χ0n) is 15.2. The molecular formula is C20H24N2O3S. The largest absolute Gasteiger partial charge is 0.486 e. The minimum Gasteiger partial charge on any atom is -0.486 e. The first-order valence-electron chi connectivity index (χ1n) is 9.12. The van der Waals surface area contributed by atoms with E-state index in [1.54, 1.807) is 0 Å². The average Bonchev–Trinajstić information content (AvgIpc) is 3.41. The molecule has 1 fully saturated rings. The van der Waals surface area contributed by atoms with Crippen LogP contribution in [-0.2, 0) is 0 Å². The lowest BCUT2D eigenvalue weighted by atomic mass is 10.1. The summed E-state index contributed by atoms with van der Waals surface area (Å²) in [5, 5.41) is 3.06. The molecule has 1 saturated carbocycles. The highest BCUT2D eigenvalue weighted by Gasteiger charge is 2.29. The van der Waals surface area contributed by atoms with Crippen LogP contribution in [0.1, 0.15) is 29.4 Å². The quantitative estimate of drug-likeness (QED) is 0.844. The van der Waals surface area contributed by atoms with Crippen molar-refractivity contribution in [2.75, 3.05) is 26.8 Å². The number of amides is 1. The summed E-state index contributed by atoms with van der Waals surface area (Å²) in [6.07, 6.45) is 2.55. The number of carbonyl (C=O) groups excluding carboxylic acids is 1.